The summed E-state index contributed by atoms with van der Waals surface area (Å²) in [6, 6.07) is 0. The highest BCUT2D eigenvalue weighted by atomic mass is 16.6. The quantitative estimate of drug-likeness (QED) is 0.500. The molecule has 0 aliphatic rings. The molecule has 0 aliphatic heterocycles. The van der Waals surface area contributed by atoms with Gasteiger partial charge in [-0.05, 0) is 6.42 Å². The van der Waals surface area contributed by atoms with Crippen molar-refractivity contribution in [3.63, 3.8) is 0 Å². The number of carbonyl (C=O) groups excluding carboxylic acids is 2. The molecule has 0 bridgehead atoms. The molecule has 4 heteroatoms. The summed E-state index contributed by atoms with van der Waals surface area (Å²) >= 11 is 0. The van der Waals surface area contributed by atoms with Crippen molar-refractivity contribution in [2.75, 3.05) is 6.61 Å². The molecule has 0 radical (unpaired) electrons. The van der Waals surface area contributed by atoms with Gasteiger partial charge in [0.1, 0.15) is 12.7 Å². The zero-order valence-corrected chi connectivity index (χ0v) is 8.19. The Morgan fingerprint density at radius 2 is 1.80 bits per heavy atom. The summed E-state index contributed by atoms with van der Waals surface area (Å²) in [7, 11) is 0. The van der Waals surface area contributed by atoms with E-state index >= 15 is 0 Å². The first kappa shape index (κ1) is 15.9. The molecular weight excluding hydrogens is 196 g/mol. The van der Waals surface area contributed by atoms with E-state index < -0.39 is 18.0 Å². The van der Waals surface area contributed by atoms with Gasteiger partial charge in [-0.15, -0.1) is 0 Å². The first-order valence-corrected chi connectivity index (χ1v) is 4.26. The monoisotopic (exact) mass is 214 g/mol. The molecule has 0 aromatic heterocycles. The Labute approximate surface area is 90.6 Å². The molecule has 86 valence electrons. The Kier molecular flexibility index (Phi) is 9.52. The molecule has 0 spiro atoms. The molecule has 0 rings (SSSR count). The Hall–Kier alpha value is -1.58. The van der Waals surface area contributed by atoms with Gasteiger partial charge in [-0.3, -0.25) is 0 Å². The van der Waals surface area contributed by atoms with Crippen LogP contribution in [0.2, 0.25) is 0 Å². The fourth-order valence-electron chi connectivity index (χ4n) is 0.682. The van der Waals surface area contributed by atoms with E-state index in [2.05, 4.69) is 13.2 Å². The Balaban J connectivity index is 0. The maximum Gasteiger partial charge on any atom is 0.330 e. The average Bonchev–Trinajstić information content (AvgIpc) is 2.22. The zero-order chi connectivity index (χ0) is 11.0. The van der Waals surface area contributed by atoms with Crippen molar-refractivity contribution in [2.24, 2.45) is 0 Å². The van der Waals surface area contributed by atoms with Gasteiger partial charge in [0.05, 0.1) is 0 Å². The molecule has 0 saturated carbocycles. The predicted octanol–water partition coefficient (Wildman–Crippen LogP) is 1.86. The molecule has 0 heterocycles. The van der Waals surface area contributed by atoms with Crippen LogP contribution in [0.15, 0.2) is 25.3 Å². The molecule has 1 atom stereocenters. The van der Waals surface area contributed by atoms with Crippen molar-refractivity contribution in [1.82, 2.24) is 0 Å². The van der Waals surface area contributed by atoms with E-state index in [0.29, 0.717) is 6.42 Å². The number of rotatable bonds is 6. The van der Waals surface area contributed by atoms with E-state index in [1.807, 2.05) is 6.92 Å². The summed E-state index contributed by atoms with van der Waals surface area (Å²) in [5.41, 5.74) is 0. The molecule has 0 fully saturated rings. The van der Waals surface area contributed by atoms with Crippen molar-refractivity contribution >= 4 is 11.9 Å². The van der Waals surface area contributed by atoms with Crippen LogP contribution in [0.25, 0.3) is 0 Å². The fourth-order valence-corrected chi connectivity index (χ4v) is 0.682. The molecule has 0 saturated heterocycles. The van der Waals surface area contributed by atoms with Gasteiger partial charge in [0.15, 0.2) is 0 Å². The molecule has 15 heavy (non-hydrogen) atoms. The summed E-state index contributed by atoms with van der Waals surface area (Å²) in [6.45, 7) is 8.37. The van der Waals surface area contributed by atoms with E-state index in [9.17, 15) is 9.59 Å². The van der Waals surface area contributed by atoms with E-state index in [1.54, 1.807) is 0 Å². The first-order valence-electron chi connectivity index (χ1n) is 4.26. The molecule has 0 aliphatic carbocycles. The van der Waals surface area contributed by atoms with Crippen molar-refractivity contribution in [1.29, 1.82) is 0 Å². The van der Waals surface area contributed by atoms with Gasteiger partial charge in [-0.1, -0.05) is 27.5 Å². The smallest absolute Gasteiger partial charge is 0.330 e. The second-order valence-electron chi connectivity index (χ2n) is 2.51. The molecule has 1 unspecified atom stereocenters. The van der Waals surface area contributed by atoms with E-state index in [1.165, 1.54) is 0 Å². The van der Waals surface area contributed by atoms with Crippen LogP contribution in [0.4, 0.5) is 0 Å². The Morgan fingerprint density at radius 1 is 1.27 bits per heavy atom. The van der Waals surface area contributed by atoms with Crippen LogP contribution in [-0.4, -0.2) is 24.6 Å². The number of ether oxygens (including phenoxy) is 2. The number of carbonyl (C=O) groups is 2. The summed E-state index contributed by atoms with van der Waals surface area (Å²) in [4.78, 5) is 21.5. The van der Waals surface area contributed by atoms with Crippen molar-refractivity contribution < 1.29 is 19.1 Å². The van der Waals surface area contributed by atoms with Gasteiger partial charge in [0.25, 0.3) is 0 Å². The van der Waals surface area contributed by atoms with Crippen LogP contribution in [0.1, 0.15) is 20.8 Å². The maximum absolute atomic E-state index is 10.8. The highest BCUT2D eigenvalue weighted by Crippen LogP contribution is 2.00. The minimum absolute atomic E-state index is 0. The summed E-state index contributed by atoms with van der Waals surface area (Å²) < 4.78 is 9.60. The van der Waals surface area contributed by atoms with Gasteiger partial charge < -0.3 is 9.47 Å². The van der Waals surface area contributed by atoms with Crippen molar-refractivity contribution in [3.05, 3.63) is 25.3 Å². The lowest BCUT2D eigenvalue weighted by molar-refractivity contribution is -0.152. The van der Waals surface area contributed by atoms with Crippen LogP contribution in [0.5, 0.6) is 0 Å². The molecular formula is C11H18O4. The minimum atomic E-state index is -0.530. The third-order valence-corrected chi connectivity index (χ3v) is 1.48. The predicted molar refractivity (Wildman–Crippen MR) is 58.3 cm³/mol. The third kappa shape index (κ3) is 7.49. The molecule has 0 aromatic rings. The van der Waals surface area contributed by atoms with Crippen LogP contribution < -0.4 is 0 Å². The van der Waals surface area contributed by atoms with Gasteiger partial charge in [0, 0.05) is 12.2 Å². The lowest BCUT2D eigenvalue weighted by atomic mass is 10.3. The normalized spacial score (nSPS) is 10.5. The lowest BCUT2D eigenvalue weighted by Crippen LogP contribution is -2.23. The zero-order valence-electron chi connectivity index (χ0n) is 8.19. The Bertz CT molecular complexity index is 233. The Morgan fingerprint density at radius 3 is 2.20 bits per heavy atom. The first-order chi connectivity index (χ1) is 6.63. The van der Waals surface area contributed by atoms with Gasteiger partial charge in [-0.2, -0.15) is 0 Å². The highest BCUT2D eigenvalue weighted by Gasteiger charge is 2.11. The minimum Gasteiger partial charge on any atom is -0.459 e. The van der Waals surface area contributed by atoms with Gasteiger partial charge >= 0.3 is 11.9 Å². The van der Waals surface area contributed by atoms with Gasteiger partial charge in [0.2, 0.25) is 0 Å². The van der Waals surface area contributed by atoms with Crippen molar-refractivity contribution in [2.45, 2.75) is 26.9 Å². The van der Waals surface area contributed by atoms with Crippen LogP contribution in [-0.2, 0) is 19.1 Å². The highest BCUT2D eigenvalue weighted by molar-refractivity contribution is 5.82. The lowest BCUT2D eigenvalue weighted by Gasteiger charge is -2.14. The van der Waals surface area contributed by atoms with E-state index in [-0.39, 0.29) is 14.0 Å². The van der Waals surface area contributed by atoms with E-state index in [4.69, 9.17) is 9.47 Å². The van der Waals surface area contributed by atoms with Crippen LogP contribution in [0.3, 0.4) is 0 Å². The largest absolute Gasteiger partial charge is 0.459 e. The average molecular weight is 214 g/mol. The fraction of sp³-hybridized carbons (Fsp3) is 0.455. The second-order valence-corrected chi connectivity index (χ2v) is 2.51. The molecule has 0 N–H and O–H groups in total. The van der Waals surface area contributed by atoms with Crippen LogP contribution >= 0.6 is 0 Å². The molecule has 0 aromatic carbocycles. The topological polar surface area (TPSA) is 52.6 Å². The molecule has 4 nitrogen and oxygen atoms in total. The van der Waals surface area contributed by atoms with E-state index in [0.717, 1.165) is 12.2 Å². The molecule has 0 amide bonds. The second kappa shape index (κ2) is 8.99. The standard InChI is InChI=1S/C10H14O4.CH4/c1-4-8(14-10(12)6-3)7-13-9(11)5-2;/h5-6,8H,2-4,7H2,1H3;1H4. The number of esters is 2. The summed E-state index contributed by atoms with van der Waals surface area (Å²) in [6.07, 6.45) is 2.27. The summed E-state index contributed by atoms with van der Waals surface area (Å²) in [5, 5.41) is 0. The SMILES string of the molecule is C.C=CC(=O)OCC(CC)OC(=O)C=C. The number of hydrogen-bond donors (Lipinski definition) is 0. The van der Waals surface area contributed by atoms with Gasteiger partial charge in [-0.25, -0.2) is 9.59 Å². The number of hydrogen-bond acceptors (Lipinski definition) is 4. The third-order valence-electron chi connectivity index (χ3n) is 1.48. The summed E-state index contributed by atoms with van der Waals surface area (Å²) in [5.74, 6) is -1.05. The maximum atomic E-state index is 10.8. The van der Waals surface area contributed by atoms with Crippen molar-refractivity contribution in [3.8, 4) is 0 Å². The van der Waals surface area contributed by atoms with Crippen LogP contribution in [0, 0.1) is 0 Å².